The van der Waals surface area contributed by atoms with Crippen LogP contribution in [0.5, 0.6) is 0 Å². The number of rotatable bonds is 3. The number of aliphatic hydroxyl groups excluding tert-OH is 1. The molecule has 3 rings (SSSR count). The van der Waals surface area contributed by atoms with E-state index < -0.39 is 17.4 Å². The Kier molecular flexibility index (Phi) is 6.14. The molecule has 119 valence electrons. The Hall–Kier alpha value is -0.120. The topological polar surface area (TPSA) is 37.3 Å². The predicted octanol–water partition coefficient (Wildman–Crippen LogP) is 3.64. The number of halogens is 2. The van der Waals surface area contributed by atoms with E-state index in [2.05, 4.69) is 24.3 Å². The molecule has 0 heterocycles. The van der Waals surface area contributed by atoms with E-state index in [1.165, 1.54) is 22.3 Å². The normalized spacial score (nSPS) is 13.6. The molecule has 0 fully saturated rings. The SMILES string of the molecule is Cl.Cl.[CH3][Zr](=[O])(=[SiH2])([CH2]CO)[CH]1c2ccccc2-c2ccccc21. The second kappa shape index (κ2) is 6.78. The molecule has 0 spiro atoms. The number of hydrogen-bond donors (Lipinski definition) is 1. The summed E-state index contributed by atoms with van der Waals surface area (Å²) < 4.78 is 16.1. The molecule has 0 aliphatic heterocycles. The summed E-state index contributed by atoms with van der Waals surface area (Å²) in [5.41, 5.74) is 4.77. The molecule has 0 radical (unpaired) electrons. The maximum absolute atomic E-state index is 13.7. The average Bonchev–Trinajstić information content (AvgIpc) is 2.73. The van der Waals surface area contributed by atoms with Gasteiger partial charge >= 0.3 is 122 Å². The molecule has 0 saturated carbocycles. The van der Waals surface area contributed by atoms with E-state index in [0.717, 1.165) is 0 Å². The summed E-state index contributed by atoms with van der Waals surface area (Å²) in [6, 6.07) is 16.5. The van der Waals surface area contributed by atoms with E-state index in [9.17, 15) is 7.92 Å². The first-order valence-corrected chi connectivity index (χ1v) is 19.5. The fraction of sp³-hybridized carbons (Fsp3) is 0.250. The summed E-state index contributed by atoms with van der Waals surface area (Å²) in [5, 5.41) is 9.38. The Morgan fingerprint density at radius 2 is 1.41 bits per heavy atom. The third-order valence-corrected chi connectivity index (χ3v) is 18.3. The fourth-order valence-electron chi connectivity index (χ4n) is 3.48. The van der Waals surface area contributed by atoms with Gasteiger partial charge in [0.2, 0.25) is 0 Å². The summed E-state index contributed by atoms with van der Waals surface area (Å²) in [6.45, 7) is 1.69. The van der Waals surface area contributed by atoms with Crippen LogP contribution < -0.4 is 0 Å². The van der Waals surface area contributed by atoms with Crippen molar-refractivity contribution in [2.75, 3.05) is 6.61 Å². The first kappa shape index (κ1) is 19.9. The Morgan fingerprint density at radius 1 is 1.00 bits per heavy atom. The molecule has 2 aromatic carbocycles. The molecule has 22 heavy (non-hydrogen) atoms. The summed E-state index contributed by atoms with van der Waals surface area (Å²) in [7, 11) is 0. The van der Waals surface area contributed by atoms with Crippen molar-refractivity contribution >= 4 is 31.7 Å². The van der Waals surface area contributed by atoms with Gasteiger partial charge in [-0.15, -0.1) is 24.8 Å². The predicted molar refractivity (Wildman–Crippen MR) is 95.2 cm³/mol. The maximum atomic E-state index is 13.7. The molecule has 0 amide bonds. The third kappa shape index (κ3) is 3.22. The molecule has 0 atom stereocenters. The quantitative estimate of drug-likeness (QED) is 0.748. The van der Waals surface area contributed by atoms with Crippen molar-refractivity contribution in [3.63, 3.8) is 0 Å². The molecule has 0 saturated heterocycles. The summed E-state index contributed by atoms with van der Waals surface area (Å²) in [5.74, 6) is 0. The van der Waals surface area contributed by atoms with Crippen LogP contribution in [0.2, 0.25) is 8.76 Å². The zero-order chi connectivity index (χ0) is 14.4. The van der Waals surface area contributed by atoms with Crippen LogP contribution in [0.25, 0.3) is 11.1 Å². The van der Waals surface area contributed by atoms with Crippen LogP contribution in [0.15, 0.2) is 48.5 Å². The Bertz CT molecular complexity index is 769. The van der Waals surface area contributed by atoms with Crippen LogP contribution in [0.1, 0.15) is 14.8 Å². The van der Waals surface area contributed by atoms with Gasteiger partial charge in [0, 0.05) is 0 Å². The monoisotopic (exact) mass is 433 g/mol. The van der Waals surface area contributed by atoms with Crippen molar-refractivity contribution < 1.29 is 25.3 Å². The fourth-order valence-corrected chi connectivity index (χ4v) is 14.8. The van der Waals surface area contributed by atoms with Crippen molar-refractivity contribution in [1.29, 1.82) is 0 Å². The van der Waals surface area contributed by atoms with Gasteiger partial charge in [0.1, 0.15) is 0 Å². The second-order valence-electron chi connectivity index (χ2n) is 6.35. The van der Waals surface area contributed by atoms with Crippen molar-refractivity contribution in [1.82, 2.24) is 0 Å². The van der Waals surface area contributed by atoms with Gasteiger partial charge in [-0.3, -0.25) is 0 Å². The van der Waals surface area contributed by atoms with Gasteiger partial charge in [-0.25, -0.2) is 0 Å². The molecule has 6 heteroatoms. The zero-order valence-electron chi connectivity index (χ0n) is 12.5. The number of benzene rings is 2. The van der Waals surface area contributed by atoms with Crippen molar-refractivity contribution in [3.05, 3.63) is 59.7 Å². The molecular formula is C16H21Cl2O2SiZr. The number of hydrogen-bond acceptors (Lipinski definition) is 2. The number of fused-ring (bicyclic) bond motifs is 3. The molecule has 1 aliphatic rings. The van der Waals surface area contributed by atoms with Crippen molar-refractivity contribution in [3.8, 4) is 11.1 Å². The van der Waals surface area contributed by atoms with E-state index in [1.807, 2.05) is 28.9 Å². The van der Waals surface area contributed by atoms with Gasteiger partial charge < -0.3 is 0 Å². The van der Waals surface area contributed by atoms with Crippen LogP contribution >= 0.6 is 24.8 Å². The molecule has 0 bridgehead atoms. The van der Waals surface area contributed by atoms with Crippen LogP contribution in [-0.2, 0) is 20.2 Å². The van der Waals surface area contributed by atoms with Gasteiger partial charge in [-0.05, 0) is 0 Å². The second-order valence-corrected chi connectivity index (χ2v) is 31.4. The summed E-state index contributed by atoms with van der Waals surface area (Å²) in [6.07, 6.45) is 0. The Balaban J connectivity index is 0.00000121. The zero-order valence-corrected chi connectivity index (χ0v) is 18.0. The van der Waals surface area contributed by atoms with Crippen molar-refractivity contribution in [2.45, 2.75) is 12.4 Å². The van der Waals surface area contributed by atoms with E-state index in [4.69, 9.17) is 0 Å². The molecule has 1 aliphatic carbocycles. The third-order valence-electron chi connectivity index (χ3n) is 4.43. The van der Waals surface area contributed by atoms with Crippen LogP contribution in [0.3, 0.4) is 0 Å². The van der Waals surface area contributed by atoms with Gasteiger partial charge in [-0.1, -0.05) is 0 Å². The van der Waals surface area contributed by atoms with E-state index >= 15 is 0 Å². The Morgan fingerprint density at radius 3 is 1.82 bits per heavy atom. The van der Waals surface area contributed by atoms with E-state index in [-0.39, 0.29) is 35.0 Å². The Labute approximate surface area is 146 Å². The van der Waals surface area contributed by atoms with Crippen LogP contribution in [0, 0.1) is 0 Å². The summed E-state index contributed by atoms with van der Waals surface area (Å²) >= 11 is -4.21. The molecule has 0 aromatic heterocycles. The standard InChI is InChI=1S/C13H9.C2H5O.CH3.2ClH.O.H2Si.Zr/c1-3-7-12-10(5-1)9-11-6-2-4-8-13(11)12;1-2-3;;;;;;/h1-9H;3H,1-2H2;1H3;2*1H;;1H2;. The van der Waals surface area contributed by atoms with Crippen molar-refractivity contribution in [2.24, 2.45) is 0 Å². The molecule has 0 unspecified atom stereocenters. The van der Waals surface area contributed by atoms with Gasteiger partial charge in [0.15, 0.2) is 0 Å². The van der Waals surface area contributed by atoms with E-state index in [1.54, 1.807) is 6.88 Å². The van der Waals surface area contributed by atoms with Gasteiger partial charge in [0.25, 0.3) is 0 Å². The molecular weight excluding hydrogens is 414 g/mol. The van der Waals surface area contributed by atoms with Gasteiger partial charge in [0.05, 0.1) is 0 Å². The van der Waals surface area contributed by atoms with E-state index in [0.29, 0.717) is 4.13 Å². The minimum absolute atomic E-state index is 0. The first-order chi connectivity index (χ1) is 9.42. The molecule has 2 aromatic rings. The number of aliphatic hydroxyl groups is 1. The van der Waals surface area contributed by atoms with Crippen LogP contribution in [-0.4, -0.2) is 18.6 Å². The van der Waals surface area contributed by atoms with Gasteiger partial charge in [-0.2, -0.15) is 0 Å². The first-order valence-electron chi connectivity index (χ1n) is 7.00. The molecule has 2 nitrogen and oxygen atoms in total. The molecule has 1 N–H and O–H groups in total. The summed E-state index contributed by atoms with van der Waals surface area (Å²) in [4.78, 5) is 0. The minimum atomic E-state index is -4.21. The average molecular weight is 436 g/mol. The van der Waals surface area contributed by atoms with Crippen LogP contribution in [0.4, 0.5) is 0 Å².